The third kappa shape index (κ3) is 3.53. The lowest BCUT2D eigenvalue weighted by Gasteiger charge is -2.58. The van der Waals surface area contributed by atoms with Crippen LogP contribution >= 0.6 is 0 Å². The van der Waals surface area contributed by atoms with Crippen LogP contribution in [0.3, 0.4) is 0 Å². The monoisotopic (exact) mass is 469 g/mol. The topological polar surface area (TPSA) is 182 Å². The molecule has 3 unspecified atom stereocenters. The summed E-state index contributed by atoms with van der Waals surface area (Å²) >= 11 is 0. The van der Waals surface area contributed by atoms with E-state index in [1.807, 2.05) is 0 Å². The van der Waals surface area contributed by atoms with Gasteiger partial charge in [-0.2, -0.15) is 4.98 Å². The maximum Gasteiger partial charge on any atom is 0.293 e. The van der Waals surface area contributed by atoms with Gasteiger partial charge in [0.15, 0.2) is 5.65 Å². The lowest BCUT2D eigenvalue weighted by molar-refractivity contribution is -0.129. The number of fused-ring (bicyclic) bond motifs is 1. The Morgan fingerprint density at radius 3 is 2.68 bits per heavy atom. The highest BCUT2D eigenvalue weighted by molar-refractivity contribution is 5.95. The first kappa shape index (κ1) is 21.4. The molecule has 4 fully saturated rings. The molecule has 3 aromatic heterocycles. The smallest absolute Gasteiger partial charge is 0.293 e. The van der Waals surface area contributed by atoms with Crippen molar-refractivity contribution < 1.29 is 24.6 Å². The molecule has 1 amide bonds. The average molecular weight is 470 g/mol. The van der Waals surface area contributed by atoms with Crippen LogP contribution in [0, 0.1) is 17.8 Å². The number of hydrogen-bond acceptors (Lipinski definition) is 10. The molecule has 6 N–H and O–H groups in total. The predicted molar refractivity (Wildman–Crippen MR) is 119 cm³/mol. The molecular weight excluding hydrogens is 442 g/mol. The predicted octanol–water partition coefficient (Wildman–Crippen LogP) is 0.442. The molecular formula is C22H27N7O5. The molecule has 4 aliphatic rings. The third-order valence-electron chi connectivity index (χ3n) is 7.64. The summed E-state index contributed by atoms with van der Waals surface area (Å²) in [4.78, 5) is 28.4. The van der Waals surface area contributed by atoms with Crippen molar-refractivity contribution in [3.8, 4) is 11.5 Å². The fraction of sp³-hybridized carbons (Fsp3) is 0.591. The highest BCUT2D eigenvalue weighted by atomic mass is 16.5. The van der Waals surface area contributed by atoms with E-state index in [0.717, 1.165) is 37.8 Å². The summed E-state index contributed by atoms with van der Waals surface area (Å²) in [5, 5.41) is 39.3. The molecule has 4 saturated carbocycles. The first-order valence-electron chi connectivity index (χ1n) is 11.6. The van der Waals surface area contributed by atoms with Gasteiger partial charge in [0.2, 0.25) is 0 Å². The van der Waals surface area contributed by atoms with E-state index in [1.54, 1.807) is 12.5 Å². The van der Waals surface area contributed by atoms with Crippen LogP contribution in [-0.4, -0.2) is 77.2 Å². The summed E-state index contributed by atoms with van der Waals surface area (Å²) in [7, 11) is 0. The number of imidazole rings is 1. The van der Waals surface area contributed by atoms with Crippen LogP contribution in [-0.2, 0) is 0 Å². The summed E-state index contributed by atoms with van der Waals surface area (Å²) < 4.78 is 5.41. The Morgan fingerprint density at radius 1 is 1.21 bits per heavy atom. The van der Waals surface area contributed by atoms with E-state index in [2.05, 4.69) is 35.7 Å². The van der Waals surface area contributed by atoms with Gasteiger partial charge in [-0.05, 0) is 49.9 Å². The minimum Gasteiger partial charge on any atom is -0.394 e. The summed E-state index contributed by atoms with van der Waals surface area (Å²) in [5.74, 6) is 0.560. The van der Waals surface area contributed by atoms with Crippen molar-refractivity contribution >= 4 is 22.8 Å². The lowest BCUT2D eigenvalue weighted by atomic mass is 9.52. The minimum absolute atomic E-state index is 0.114. The van der Waals surface area contributed by atoms with Gasteiger partial charge in [0.1, 0.15) is 5.52 Å². The standard InChI is InChI=1S/C22H27N7O5/c30-7-13(8-31)26-20(32)19-28-21(34-29-19)14-6-23-18-17(24-9-25-18)16(14)27-15-11-1-10-2-12(15)5-22(33,3-10)4-11/h6,9-13,15,30-31,33H,1-5,7-8H2,(H,26,32)(H2,23,24,25,27)/t10?,11-,12+,15?,22?. The van der Waals surface area contributed by atoms with E-state index in [1.165, 1.54) is 0 Å². The number of anilines is 1. The van der Waals surface area contributed by atoms with Crippen molar-refractivity contribution in [1.29, 1.82) is 0 Å². The molecule has 12 heteroatoms. The molecule has 0 saturated heterocycles. The minimum atomic E-state index is -0.818. The lowest BCUT2D eigenvalue weighted by Crippen LogP contribution is -2.59. The number of nitrogens with one attached hydrogen (secondary N) is 3. The van der Waals surface area contributed by atoms with E-state index >= 15 is 0 Å². The van der Waals surface area contributed by atoms with Crippen LogP contribution in [0.4, 0.5) is 5.69 Å². The number of pyridine rings is 1. The number of H-pyrrole nitrogens is 1. The highest BCUT2D eigenvalue weighted by Gasteiger charge is 2.54. The molecule has 0 radical (unpaired) electrons. The fourth-order valence-corrected chi connectivity index (χ4v) is 6.41. The van der Waals surface area contributed by atoms with Gasteiger partial charge in [-0.15, -0.1) is 0 Å². The Bertz CT molecular complexity index is 1210. The van der Waals surface area contributed by atoms with E-state index < -0.39 is 30.8 Å². The molecule has 4 aliphatic carbocycles. The largest absolute Gasteiger partial charge is 0.394 e. The molecule has 180 valence electrons. The molecule has 5 atom stereocenters. The second kappa shape index (κ2) is 8.00. The van der Waals surface area contributed by atoms with Gasteiger partial charge in [0.05, 0.1) is 42.4 Å². The zero-order chi connectivity index (χ0) is 23.4. The maximum absolute atomic E-state index is 12.4. The number of amides is 1. The number of aliphatic hydroxyl groups is 3. The van der Waals surface area contributed by atoms with Gasteiger partial charge in [-0.3, -0.25) is 4.79 Å². The van der Waals surface area contributed by atoms with Crippen molar-refractivity contribution in [3.05, 3.63) is 18.3 Å². The van der Waals surface area contributed by atoms with Crippen molar-refractivity contribution in [3.63, 3.8) is 0 Å². The second-order valence-corrected chi connectivity index (χ2v) is 9.97. The zero-order valence-corrected chi connectivity index (χ0v) is 18.4. The van der Waals surface area contributed by atoms with Crippen LogP contribution in [0.1, 0.15) is 42.7 Å². The average Bonchev–Trinajstić information content (AvgIpc) is 3.48. The van der Waals surface area contributed by atoms with Crippen LogP contribution in [0.15, 0.2) is 17.0 Å². The Kier molecular flexibility index (Phi) is 5.04. The molecule has 3 aromatic rings. The summed E-state index contributed by atoms with van der Waals surface area (Å²) in [6.45, 7) is -0.831. The van der Waals surface area contributed by atoms with Gasteiger partial charge < -0.3 is 35.5 Å². The van der Waals surface area contributed by atoms with Gasteiger partial charge in [-0.25, -0.2) is 9.97 Å². The molecule has 3 heterocycles. The zero-order valence-electron chi connectivity index (χ0n) is 18.4. The number of carbonyl (C=O) groups is 1. The fourth-order valence-electron chi connectivity index (χ4n) is 6.41. The van der Waals surface area contributed by atoms with Crippen LogP contribution in [0.25, 0.3) is 22.6 Å². The number of carbonyl (C=O) groups excluding carboxylic acids is 1. The molecule has 12 nitrogen and oxygen atoms in total. The van der Waals surface area contributed by atoms with Gasteiger partial charge in [0.25, 0.3) is 17.6 Å². The van der Waals surface area contributed by atoms with E-state index in [0.29, 0.717) is 34.5 Å². The summed E-state index contributed by atoms with van der Waals surface area (Å²) in [6.07, 6.45) is 7.88. The molecule has 4 bridgehead atoms. The Balaban J connectivity index is 1.32. The van der Waals surface area contributed by atoms with Gasteiger partial charge >= 0.3 is 0 Å². The number of aromatic amines is 1. The Labute approximate surface area is 194 Å². The first-order chi connectivity index (χ1) is 16.5. The first-order valence-corrected chi connectivity index (χ1v) is 11.6. The number of aliphatic hydroxyl groups excluding tert-OH is 2. The van der Waals surface area contributed by atoms with E-state index in [9.17, 15) is 20.1 Å². The molecule has 34 heavy (non-hydrogen) atoms. The van der Waals surface area contributed by atoms with Crippen molar-refractivity contribution in [2.24, 2.45) is 17.8 Å². The molecule has 7 rings (SSSR count). The number of rotatable bonds is 7. The van der Waals surface area contributed by atoms with Crippen LogP contribution in [0.2, 0.25) is 0 Å². The summed E-state index contributed by atoms with van der Waals surface area (Å²) in [5.41, 5.74) is 1.98. The van der Waals surface area contributed by atoms with E-state index in [-0.39, 0.29) is 17.8 Å². The quantitative estimate of drug-likeness (QED) is 0.284. The van der Waals surface area contributed by atoms with Crippen molar-refractivity contribution in [1.82, 2.24) is 30.4 Å². The highest BCUT2D eigenvalue weighted by Crippen LogP contribution is 2.56. The Morgan fingerprint density at radius 2 is 1.97 bits per heavy atom. The van der Waals surface area contributed by atoms with Crippen molar-refractivity contribution in [2.45, 2.75) is 49.8 Å². The summed E-state index contributed by atoms with van der Waals surface area (Å²) in [6, 6.07) is -0.633. The van der Waals surface area contributed by atoms with Crippen LogP contribution in [0.5, 0.6) is 0 Å². The van der Waals surface area contributed by atoms with Crippen LogP contribution < -0.4 is 10.6 Å². The molecule has 0 aliphatic heterocycles. The van der Waals surface area contributed by atoms with Gasteiger partial charge in [-0.1, -0.05) is 5.16 Å². The normalized spacial score (nSPS) is 29.8. The number of nitrogens with zero attached hydrogens (tertiary/aromatic N) is 4. The van der Waals surface area contributed by atoms with Crippen molar-refractivity contribution in [2.75, 3.05) is 18.5 Å². The van der Waals surface area contributed by atoms with E-state index in [4.69, 9.17) is 4.52 Å². The second-order valence-electron chi connectivity index (χ2n) is 9.97. The van der Waals surface area contributed by atoms with Gasteiger partial charge in [0, 0.05) is 12.2 Å². The number of hydrogen-bond donors (Lipinski definition) is 6. The number of aromatic nitrogens is 5. The molecule has 0 aromatic carbocycles. The maximum atomic E-state index is 12.4. The third-order valence-corrected chi connectivity index (χ3v) is 7.64. The SMILES string of the molecule is O=C(NC(CO)CO)c1noc(-c2cnc3nc[nH]c3c2NC2[C@@H]3CC4C[C@H]2CC(O)(C4)C3)n1. The molecule has 0 spiro atoms. The Hall–Kier alpha value is -3.09.